The second-order valence-corrected chi connectivity index (χ2v) is 7.05. The smallest absolute Gasteiger partial charge is 0.223 e. The second-order valence-electron chi connectivity index (χ2n) is 5.51. The molecule has 0 saturated carbocycles. The normalized spacial score (nSPS) is 24.9. The van der Waals surface area contributed by atoms with Crippen molar-refractivity contribution in [1.29, 1.82) is 0 Å². The summed E-state index contributed by atoms with van der Waals surface area (Å²) >= 11 is 7.77. The summed E-state index contributed by atoms with van der Waals surface area (Å²) in [5.74, 6) is 2.44. The Morgan fingerprint density at radius 3 is 2.70 bits per heavy atom. The van der Waals surface area contributed by atoms with E-state index >= 15 is 0 Å². The number of thioether (sulfide) groups is 1. The molecule has 2 aliphatic heterocycles. The maximum atomic E-state index is 12.2. The molecule has 3 rings (SSSR count). The van der Waals surface area contributed by atoms with Crippen LogP contribution in [0.25, 0.3) is 0 Å². The Hall–Kier alpha value is -0.710. The number of likely N-dealkylation sites (tertiary alicyclic amines) is 1. The first kappa shape index (κ1) is 14.2. The molecule has 1 amide bonds. The molecule has 108 valence electrons. The lowest BCUT2D eigenvalue weighted by atomic mass is 10.0. The Morgan fingerprint density at radius 2 is 2.00 bits per heavy atom. The number of benzene rings is 1. The highest BCUT2D eigenvalue weighted by molar-refractivity contribution is 7.99. The molecular weight excluding hydrogens is 292 g/mol. The predicted molar refractivity (Wildman–Crippen MR) is 83.2 cm³/mol. The van der Waals surface area contributed by atoms with Gasteiger partial charge in [0.1, 0.15) is 0 Å². The molecule has 2 aliphatic rings. The van der Waals surface area contributed by atoms with Gasteiger partial charge < -0.3 is 10.2 Å². The van der Waals surface area contributed by atoms with Gasteiger partial charge in [-0.15, -0.1) is 11.8 Å². The molecule has 3 nitrogen and oxygen atoms in total. The highest BCUT2D eigenvalue weighted by atomic mass is 35.5. The van der Waals surface area contributed by atoms with E-state index in [-0.39, 0.29) is 0 Å². The number of carbonyl (C=O) groups is 1. The maximum absolute atomic E-state index is 12.2. The van der Waals surface area contributed by atoms with Gasteiger partial charge in [-0.2, -0.15) is 0 Å². The van der Waals surface area contributed by atoms with Crippen molar-refractivity contribution in [2.24, 2.45) is 11.8 Å². The number of nitrogens with one attached hydrogen (secondary N) is 1. The van der Waals surface area contributed by atoms with E-state index in [0.29, 0.717) is 24.2 Å². The molecular formula is C15H19ClN2OS. The quantitative estimate of drug-likeness (QED) is 0.867. The van der Waals surface area contributed by atoms with E-state index in [4.69, 9.17) is 11.6 Å². The van der Waals surface area contributed by atoms with Crippen LogP contribution in [0.4, 0.5) is 0 Å². The van der Waals surface area contributed by atoms with Gasteiger partial charge in [0.05, 0.1) is 5.02 Å². The van der Waals surface area contributed by atoms with E-state index in [9.17, 15) is 4.79 Å². The molecule has 1 aromatic carbocycles. The molecule has 2 fully saturated rings. The zero-order valence-corrected chi connectivity index (χ0v) is 12.9. The van der Waals surface area contributed by atoms with E-state index < -0.39 is 0 Å². The highest BCUT2D eigenvalue weighted by Crippen LogP contribution is 2.29. The molecule has 0 aliphatic carbocycles. The van der Waals surface area contributed by atoms with Gasteiger partial charge >= 0.3 is 0 Å². The summed E-state index contributed by atoms with van der Waals surface area (Å²) in [5.41, 5.74) is 0. The Labute approximate surface area is 129 Å². The van der Waals surface area contributed by atoms with Gasteiger partial charge in [-0.3, -0.25) is 4.79 Å². The van der Waals surface area contributed by atoms with Crippen molar-refractivity contribution >= 4 is 29.3 Å². The summed E-state index contributed by atoms with van der Waals surface area (Å²) in [5, 5.41) is 4.17. The molecule has 1 N–H and O–H groups in total. The predicted octanol–water partition coefficient (Wildman–Crippen LogP) is 2.50. The molecule has 2 heterocycles. The Balaban J connectivity index is 1.45. The van der Waals surface area contributed by atoms with Crippen LogP contribution in [-0.2, 0) is 4.79 Å². The first-order valence-electron chi connectivity index (χ1n) is 7.10. The zero-order valence-electron chi connectivity index (χ0n) is 11.3. The Kier molecular flexibility index (Phi) is 4.54. The van der Waals surface area contributed by atoms with Gasteiger partial charge in [-0.05, 0) is 24.0 Å². The van der Waals surface area contributed by atoms with Crippen molar-refractivity contribution in [3.05, 3.63) is 29.3 Å². The third kappa shape index (κ3) is 3.13. The van der Waals surface area contributed by atoms with Crippen molar-refractivity contribution in [3.8, 4) is 0 Å². The van der Waals surface area contributed by atoms with Gasteiger partial charge in [0.25, 0.3) is 0 Å². The van der Waals surface area contributed by atoms with E-state index in [1.807, 2.05) is 29.2 Å². The number of halogens is 1. The minimum atomic E-state index is 0.291. The summed E-state index contributed by atoms with van der Waals surface area (Å²) in [6.45, 7) is 4.02. The summed E-state index contributed by atoms with van der Waals surface area (Å²) in [7, 11) is 0. The summed E-state index contributed by atoms with van der Waals surface area (Å²) in [4.78, 5) is 15.3. The fourth-order valence-corrected chi connectivity index (χ4v) is 4.20. The van der Waals surface area contributed by atoms with Crippen molar-refractivity contribution in [3.63, 3.8) is 0 Å². The van der Waals surface area contributed by atoms with Crippen LogP contribution < -0.4 is 5.32 Å². The average Bonchev–Trinajstić information content (AvgIpc) is 3.01. The van der Waals surface area contributed by atoms with Crippen LogP contribution in [0, 0.1) is 11.8 Å². The molecule has 20 heavy (non-hydrogen) atoms. The van der Waals surface area contributed by atoms with E-state index in [0.717, 1.165) is 41.8 Å². The van der Waals surface area contributed by atoms with Crippen LogP contribution in [0.2, 0.25) is 5.02 Å². The number of hydrogen-bond donors (Lipinski definition) is 1. The van der Waals surface area contributed by atoms with Crippen LogP contribution in [0.1, 0.15) is 6.42 Å². The van der Waals surface area contributed by atoms with Gasteiger partial charge in [0.15, 0.2) is 0 Å². The molecule has 1 aromatic rings. The van der Waals surface area contributed by atoms with Gasteiger partial charge in [-0.25, -0.2) is 0 Å². The van der Waals surface area contributed by atoms with Crippen LogP contribution in [-0.4, -0.2) is 42.7 Å². The lowest BCUT2D eigenvalue weighted by molar-refractivity contribution is -0.129. The first-order chi connectivity index (χ1) is 9.74. The minimum Gasteiger partial charge on any atom is -0.342 e. The molecule has 0 aromatic heterocycles. The maximum Gasteiger partial charge on any atom is 0.223 e. The molecule has 5 heteroatoms. The van der Waals surface area contributed by atoms with Crippen LogP contribution >= 0.6 is 23.4 Å². The van der Waals surface area contributed by atoms with Crippen LogP contribution in [0.15, 0.2) is 29.2 Å². The van der Waals surface area contributed by atoms with Gasteiger partial charge in [0.2, 0.25) is 5.91 Å². The number of fused-ring (bicyclic) bond motifs is 1. The summed E-state index contributed by atoms with van der Waals surface area (Å²) in [6, 6.07) is 7.79. The zero-order chi connectivity index (χ0) is 13.9. The topological polar surface area (TPSA) is 32.3 Å². The number of hydrogen-bond acceptors (Lipinski definition) is 3. The molecule has 0 unspecified atom stereocenters. The lowest BCUT2D eigenvalue weighted by Gasteiger charge is -2.17. The van der Waals surface area contributed by atoms with Crippen molar-refractivity contribution in [2.75, 3.05) is 31.9 Å². The molecule has 0 bridgehead atoms. The fraction of sp³-hybridized carbons (Fsp3) is 0.533. The van der Waals surface area contributed by atoms with Crippen LogP contribution in [0.3, 0.4) is 0 Å². The largest absolute Gasteiger partial charge is 0.342 e. The van der Waals surface area contributed by atoms with E-state index in [1.54, 1.807) is 11.8 Å². The second kappa shape index (κ2) is 6.37. The van der Waals surface area contributed by atoms with Crippen molar-refractivity contribution < 1.29 is 4.79 Å². The standard InChI is InChI=1S/C15H19ClN2OS/c16-13-3-1-2-4-14(13)20-6-5-15(19)18-9-11-7-17-8-12(11)10-18/h1-4,11-12,17H,5-10H2/t11-,12+. The van der Waals surface area contributed by atoms with Gasteiger partial charge in [-0.1, -0.05) is 23.7 Å². The molecule has 0 radical (unpaired) electrons. The molecule has 2 saturated heterocycles. The highest BCUT2D eigenvalue weighted by Gasteiger charge is 2.37. The monoisotopic (exact) mass is 310 g/mol. The van der Waals surface area contributed by atoms with Crippen molar-refractivity contribution in [1.82, 2.24) is 10.2 Å². The summed E-state index contributed by atoms with van der Waals surface area (Å²) < 4.78 is 0. The number of nitrogens with zero attached hydrogens (tertiary/aromatic N) is 1. The van der Waals surface area contributed by atoms with Crippen molar-refractivity contribution in [2.45, 2.75) is 11.3 Å². The average molecular weight is 311 g/mol. The fourth-order valence-electron chi connectivity index (χ4n) is 3.03. The number of rotatable bonds is 4. The lowest BCUT2D eigenvalue weighted by Crippen LogP contribution is -2.32. The SMILES string of the molecule is O=C(CCSc1ccccc1Cl)N1C[C@H]2CNC[C@H]2C1. The summed E-state index contributed by atoms with van der Waals surface area (Å²) in [6.07, 6.45) is 0.600. The van der Waals surface area contributed by atoms with Crippen LogP contribution in [0.5, 0.6) is 0 Å². The molecule has 0 spiro atoms. The minimum absolute atomic E-state index is 0.291. The Morgan fingerprint density at radius 1 is 1.30 bits per heavy atom. The number of carbonyl (C=O) groups excluding carboxylic acids is 1. The number of amides is 1. The molecule has 2 atom stereocenters. The van der Waals surface area contributed by atoms with Gasteiger partial charge in [0, 0.05) is 43.2 Å². The first-order valence-corrected chi connectivity index (χ1v) is 8.46. The van der Waals surface area contributed by atoms with E-state index in [2.05, 4.69) is 5.32 Å². The third-order valence-corrected chi connectivity index (χ3v) is 5.67. The third-order valence-electron chi connectivity index (χ3n) is 4.15. The Bertz CT molecular complexity index is 485. The van der Waals surface area contributed by atoms with E-state index in [1.165, 1.54) is 0 Å².